The number of carboxylic acid groups (broad SMARTS) is 1. The monoisotopic (exact) mass is 315 g/mol. The van der Waals surface area contributed by atoms with Crippen LogP contribution >= 0.6 is 11.8 Å². The van der Waals surface area contributed by atoms with Crippen molar-refractivity contribution in [2.24, 2.45) is 5.92 Å². The molecule has 118 valence electrons. The van der Waals surface area contributed by atoms with Gasteiger partial charge in [0.2, 0.25) is 5.91 Å². The molecule has 8 heteroatoms. The predicted molar refractivity (Wildman–Crippen MR) is 78.9 cm³/mol. The summed E-state index contributed by atoms with van der Waals surface area (Å²) in [5, 5.41) is 11.9. The van der Waals surface area contributed by atoms with Crippen LogP contribution in [0.3, 0.4) is 0 Å². The zero-order valence-electron chi connectivity index (χ0n) is 12.2. The number of amides is 3. The molecule has 0 bridgehead atoms. The van der Waals surface area contributed by atoms with Gasteiger partial charge in [0.15, 0.2) is 0 Å². The van der Waals surface area contributed by atoms with Gasteiger partial charge in [-0.05, 0) is 18.8 Å². The highest BCUT2D eigenvalue weighted by molar-refractivity contribution is 8.00. The molecule has 1 aliphatic heterocycles. The maximum Gasteiger partial charge on any atom is 0.327 e. The third kappa shape index (κ3) is 3.81. The van der Waals surface area contributed by atoms with Crippen molar-refractivity contribution in [1.29, 1.82) is 0 Å². The van der Waals surface area contributed by atoms with Crippen molar-refractivity contribution in [1.82, 2.24) is 15.1 Å². The highest BCUT2D eigenvalue weighted by atomic mass is 32.2. The molecule has 0 aromatic carbocycles. The molecule has 2 atom stereocenters. The zero-order chi connectivity index (χ0) is 15.6. The van der Waals surface area contributed by atoms with Gasteiger partial charge in [-0.1, -0.05) is 0 Å². The first-order chi connectivity index (χ1) is 9.91. The number of carbonyl (C=O) groups excluding carboxylic acids is 2. The smallest absolute Gasteiger partial charge is 0.327 e. The van der Waals surface area contributed by atoms with Crippen molar-refractivity contribution in [3.8, 4) is 0 Å². The molecule has 1 heterocycles. The third-order valence-corrected chi connectivity index (χ3v) is 5.16. The molecule has 3 amide bonds. The highest BCUT2D eigenvalue weighted by Gasteiger charge is 2.48. The van der Waals surface area contributed by atoms with Gasteiger partial charge in [-0.2, -0.15) is 0 Å². The van der Waals surface area contributed by atoms with Crippen molar-refractivity contribution in [3.63, 3.8) is 0 Å². The minimum Gasteiger partial charge on any atom is -0.480 e. The van der Waals surface area contributed by atoms with Gasteiger partial charge in [0, 0.05) is 32.8 Å². The number of carboxylic acids is 1. The topological polar surface area (TPSA) is 90.0 Å². The third-order valence-electron chi connectivity index (χ3n) is 3.69. The second kappa shape index (κ2) is 6.55. The number of hydrogen-bond acceptors (Lipinski definition) is 4. The van der Waals surface area contributed by atoms with E-state index in [1.54, 1.807) is 14.1 Å². The SMILES string of the molecule is CN(C)C(=O)CCNC(=O)N1C(C(=O)O)CSC1C1CC1. The second-order valence-corrected chi connectivity index (χ2v) is 6.74. The van der Waals surface area contributed by atoms with Crippen LogP contribution in [-0.4, -0.2) is 70.6 Å². The number of aliphatic carboxylic acids is 1. The van der Waals surface area contributed by atoms with E-state index < -0.39 is 12.0 Å². The molecule has 1 saturated heterocycles. The Bertz CT molecular complexity index is 439. The molecule has 2 rings (SSSR count). The fourth-order valence-corrected chi connectivity index (χ4v) is 3.94. The van der Waals surface area contributed by atoms with E-state index >= 15 is 0 Å². The van der Waals surface area contributed by atoms with Gasteiger partial charge in [0.1, 0.15) is 6.04 Å². The van der Waals surface area contributed by atoms with E-state index in [2.05, 4.69) is 5.32 Å². The zero-order valence-corrected chi connectivity index (χ0v) is 13.1. The first-order valence-corrected chi connectivity index (χ1v) is 8.07. The Balaban J connectivity index is 1.91. The largest absolute Gasteiger partial charge is 0.480 e. The Hall–Kier alpha value is -1.44. The van der Waals surface area contributed by atoms with E-state index in [9.17, 15) is 19.5 Å². The normalized spacial score (nSPS) is 24.8. The van der Waals surface area contributed by atoms with Crippen LogP contribution in [0.25, 0.3) is 0 Å². The summed E-state index contributed by atoms with van der Waals surface area (Å²) in [4.78, 5) is 37.9. The second-order valence-electron chi connectivity index (χ2n) is 5.59. The van der Waals surface area contributed by atoms with Crippen molar-refractivity contribution in [3.05, 3.63) is 0 Å². The minimum atomic E-state index is -0.967. The van der Waals surface area contributed by atoms with Crippen LogP contribution in [0.2, 0.25) is 0 Å². The maximum absolute atomic E-state index is 12.3. The Labute approximate surface area is 128 Å². The predicted octanol–water partition coefficient (Wildman–Crippen LogP) is 0.412. The van der Waals surface area contributed by atoms with Crippen LogP contribution in [0.15, 0.2) is 0 Å². The minimum absolute atomic E-state index is 0.0457. The summed E-state index contributed by atoms with van der Waals surface area (Å²) in [6, 6.07) is -1.15. The number of urea groups is 1. The lowest BCUT2D eigenvalue weighted by atomic mass is 10.2. The van der Waals surface area contributed by atoms with Gasteiger partial charge in [-0.25, -0.2) is 9.59 Å². The molecule has 21 heavy (non-hydrogen) atoms. The van der Waals surface area contributed by atoms with Crippen LogP contribution in [0, 0.1) is 5.92 Å². The average molecular weight is 315 g/mol. The standard InChI is InChI=1S/C13H21N3O4S/c1-15(2)10(17)5-6-14-13(20)16-9(12(18)19)7-21-11(16)8-3-4-8/h8-9,11H,3-7H2,1-2H3,(H,14,20)(H,18,19). The first-order valence-electron chi connectivity index (χ1n) is 7.02. The molecule has 1 saturated carbocycles. The molecule has 1 aliphatic carbocycles. The van der Waals surface area contributed by atoms with Crippen LogP contribution < -0.4 is 5.32 Å². The number of nitrogens with zero attached hydrogens (tertiary/aromatic N) is 2. The molecule has 7 nitrogen and oxygen atoms in total. The highest BCUT2D eigenvalue weighted by Crippen LogP contribution is 2.45. The van der Waals surface area contributed by atoms with Crippen molar-refractivity contribution in [2.45, 2.75) is 30.7 Å². The van der Waals surface area contributed by atoms with Crippen LogP contribution in [0.1, 0.15) is 19.3 Å². The summed E-state index contributed by atoms with van der Waals surface area (Å²) in [5.74, 6) is -0.195. The molecule has 2 fully saturated rings. The van der Waals surface area contributed by atoms with Crippen molar-refractivity contribution in [2.75, 3.05) is 26.4 Å². The van der Waals surface area contributed by atoms with Crippen molar-refractivity contribution >= 4 is 29.7 Å². The Morgan fingerprint density at radius 2 is 2.00 bits per heavy atom. The van der Waals surface area contributed by atoms with Gasteiger partial charge < -0.3 is 15.3 Å². The quantitative estimate of drug-likeness (QED) is 0.767. The number of carbonyl (C=O) groups is 3. The number of nitrogens with one attached hydrogen (secondary N) is 1. The summed E-state index contributed by atoms with van der Waals surface area (Å²) in [6.45, 7) is 0.223. The number of rotatable bonds is 5. The van der Waals surface area contributed by atoms with E-state index in [4.69, 9.17) is 0 Å². The van der Waals surface area contributed by atoms with Gasteiger partial charge in [0.05, 0.1) is 5.37 Å². The van der Waals surface area contributed by atoms with Gasteiger partial charge >= 0.3 is 12.0 Å². The molecule has 0 spiro atoms. The summed E-state index contributed by atoms with van der Waals surface area (Å²) >= 11 is 1.54. The Morgan fingerprint density at radius 3 is 2.52 bits per heavy atom. The molecular weight excluding hydrogens is 294 g/mol. The number of hydrogen-bond donors (Lipinski definition) is 2. The molecule has 0 aromatic heterocycles. The molecule has 2 aliphatic rings. The lowest BCUT2D eigenvalue weighted by Crippen LogP contribution is -2.51. The lowest BCUT2D eigenvalue weighted by molar-refractivity contribution is -0.141. The van der Waals surface area contributed by atoms with Gasteiger partial charge in [-0.3, -0.25) is 9.69 Å². The Morgan fingerprint density at radius 1 is 1.33 bits per heavy atom. The molecule has 2 N–H and O–H groups in total. The summed E-state index contributed by atoms with van der Waals surface area (Å²) in [7, 11) is 3.32. The molecule has 0 aromatic rings. The lowest BCUT2D eigenvalue weighted by Gasteiger charge is -2.27. The fraction of sp³-hybridized carbons (Fsp3) is 0.769. The Kier molecular flexibility index (Phi) is 4.97. The van der Waals surface area contributed by atoms with E-state index in [0.29, 0.717) is 11.7 Å². The average Bonchev–Trinajstić information content (AvgIpc) is 3.16. The fourth-order valence-electron chi connectivity index (χ4n) is 2.31. The van der Waals surface area contributed by atoms with Crippen molar-refractivity contribution < 1.29 is 19.5 Å². The van der Waals surface area contributed by atoms with Crippen LogP contribution in [0.4, 0.5) is 4.79 Å². The van der Waals surface area contributed by atoms with E-state index in [1.165, 1.54) is 21.6 Å². The molecular formula is C13H21N3O4S. The number of thioether (sulfide) groups is 1. The van der Waals surface area contributed by atoms with Crippen LogP contribution in [0.5, 0.6) is 0 Å². The summed E-state index contributed by atoms with van der Waals surface area (Å²) in [5.41, 5.74) is 0. The summed E-state index contributed by atoms with van der Waals surface area (Å²) in [6.07, 6.45) is 2.31. The summed E-state index contributed by atoms with van der Waals surface area (Å²) < 4.78 is 0. The van der Waals surface area contributed by atoms with E-state index in [-0.39, 0.29) is 30.3 Å². The van der Waals surface area contributed by atoms with Crippen LogP contribution in [-0.2, 0) is 9.59 Å². The molecule has 2 unspecified atom stereocenters. The first kappa shape index (κ1) is 15.9. The van der Waals surface area contributed by atoms with E-state index in [1.807, 2.05) is 0 Å². The molecule has 0 radical (unpaired) electrons. The maximum atomic E-state index is 12.3. The van der Waals surface area contributed by atoms with Gasteiger partial charge in [0.25, 0.3) is 0 Å². The van der Waals surface area contributed by atoms with E-state index in [0.717, 1.165) is 12.8 Å². The van der Waals surface area contributed by atoms with Gasteiger partial charge in [-0.15, -0.1) is 11.8 Å².